The number of rotatable bonds is 2. The van der Waals surface area contributed by atoms with E-state index in [2.05, 4.69) is 4.74 Å². The lowest BCUT2D eigenvalue weighted by Gasteiger charge is -2.18. The number of methoxy groups -OCH3 is 1. The van der Waals surface area contributed by atoms with E-state index in [-0.39, 0.29) is 0 Å². The van der Waals surface area contributed by atoms with Crippen LogP contribution >= 0.6 is 0 Å². The molecule has 0 aromatic heterocycles. The Labute approximate surface area is 54.2 Å². The van der Waals surface area contributed by atoms with Gasteiger partial charge in [-0.15, -0.1) is 0 Å². The van der Waals surface area contributed by atoms with Gasteiger partial charge in [0.25, 0.3) is 0 Å². The Bertz CT molecular complexity index is 112. The molecule has 0 heterocycles. The third kappa shape index (κ3) is 1.99. The first-order chi connectivity index (χ1) is 4.04. The topological polar surface area (TPSA) is 78.3 Å². The van der Waals surface area contributed by atoms with Crippen molar-refractivity contribution in [1.29, 1.82) is 0 Å². The number of hydrogen-bond acceptors (Lipinski definition) is 4. The molecule has 0 amide bonds. The van der Waals surface area contributed by atoms with Crippen molar-refractivity contribution in [3.63, 3.8) is 0 Å². The van der Waals surface area contributed by atoms with Crippen molar-refractivity contribution in [3.8, 4) is 0 Å². The zero-order chi connectivity index (χ0) is 7.49. The summed E-state index contributed by atoms with van der Waals surface area (Å²) in [5.74, 6) is -0.579. The van der Waals surface area contributed by atoms with Gasteiger partial charge < -0.3 is 16.2 Å². The van der Waals surface area contributed by atoms with Crippen LogP contribution in [0.3, 0.4) is 0 Å². The summed E-state index contributed by atoms with van der Waals surface area (Å²) < 4.78 is 4.32. The van der Waals surface area contributed by atoms with Crippen molar-refractivity contribution < 1.29 is 9.53 Å². The van der Waals surface area contributed by atoms with Gasteiger partial charge in [-0.25, -0.2) is 4.79 Å². The van der Waals surface area contributed by atoms with Crippen molar-refractivity contribution in [2.24, 2.45) is 11.5 Å². The second-order valence-electron chi connectivity index (χ2n) is 1.89. The minimum Gasteiger partial charge on any atom is -0.467 e. The van der Waals surface area contributed by atoms with Gasteiger partial charge in [0, 0.05) is 0 Å². The highest BCUT2D eigenvalue weighted by molar-refractivity contribution is 5.79. The standard InChI is InChI=1S/C5H12N2O2/c1-3-5(6,7)4(8)9-2/h3,6-7H2,1-2H3. The summed E-state index contributed by atoms with van der Waals surface area (Å²) in [7, 11) is 1.26. The van der Waals surface area contributed by atoms with Crippen LogP contribution in [0.4, 0.5) is 0 Å². The Morgan fingerprint density at radius 3 is 2.22 bits per heavy atom. The zero-order valence-corrected chi connectivity index (χ0v) is 5.68. The number of carbonyl (C=O) groups excluding carboxylic acids is 1. The van der Waals surface area contributed by atoms with Crippen LogP contribution in [0.5, 0.6) is 0 Å². The van der Waals surface area contributed by atoms with E-state index < -0.39 is 11.6 Å². The SMILES string of the molecule is CCC(N)(N)C(=O)OC. The van der Waals surface area contributed by atoms with Crippen LogP contribution in [0.2, 0.25) is 0 Å². The molecule has 0 aliphatic rings. The van der Waals surface area contributed by atoms with E-state index in [9.17, 15) is 4.79 Å². The van der Waals surface area contributed by atoms with E-state index in [1.165, 1.54) is 7.11 Å². The monoisotopic (exact) mass is 132 g/mol. The summed E-state index contributed by atoms with van der Waals surface area (Å²) in [6.07, 6.45) is 0.375. The highest BCUT2D eigenvalue weighted by Gasteiger charge is 2.27. The van der Waals surface area contributed by atoms with Gasteiger partial charge in [-0.05, 0) is 6.42 Å². The molecule has 4 nitrogen and oxygen atoms in total. The van der Waals surface area contributed by atoms with E-state index >= 15 is 0 Å². The van der Waals surface area contributed by atoms with Gasteiger partial charge in [-0.3, -0.25) is 0 Å². The molecule has 0 unspecified atom stereocenters. The molecule has 54 valence electrons. The van der Waals surface area contributed by atoms with Crippen LogP contribution in [0.25, 0.3) is 0 Å². The Balaban J connectivity index is 3.97. The molecule has 0 fully saturated rings. The molecule has 0 radical (unpaired) electrons. The average Bonchev–Trinajstić information content (AvgIpc) is 1.86. The molecule has 0 bridgehead atoms. The minimum absolute atomic E-state index is 0.375. The van der Waals surface area contributed by atoms with Crippen LogP contribution in [0, 0.1) is 0 Å². The van der Waals surface area contributed by atoms with Gasteiger partial charge in [0.05, 0.1) is 7.11 Å². The lowest BCUT2D eigenvalue weighted by Crippen LogP contribution is -2.56. The lowest BCUT2D eigenvalue weighted by atomic mass is 10.1. The quantitative estimate of drug-likeness (QED) is 0.380. The fourth-order valence-corrected chi connectivity index (χ4v) is 0.334. The van der Waals surface area contributed by atoms with E-state index in [1.807, 2.05) is 0 Å². The summed E-state index contributed by atoms with van der Waals surface area (Å²) in [6, 6.07) is 0. The largest absolute Gasteiger partial charge is 0.467 e. The van der Waals surface area contributed by atoms with Crippen molar-refractivity contribution >= 4 is 5.97 Å². The molecular formula is C5H12N2O2. The second-order valence-corrected chi connectivity index (χ2v) is 1.89. The molecule has 0 saturated carbocycles. The molecule has 4 heteroatoms. The first-order valence-corrected chi connectivity index (χ1v) is 2.70. The molecule has 0 saturated heterocycles. The van der Waals surface area contributed by atoms with Crippen molar-refractivity contribution in [2.75, 3.05) is 7.11 Å². The Hall–Kier alpha value is -0.610. The van der Waals surface area contributed by atoms with Gasteiger partial charge in [-0.1, -0.05) is 6.92 Å². The molecular weight excluding hydrogens is 120 g/mol. The van der Waals surface area contributed by atoms with Crippen LogP contribution < -0.4 is 11.5 Å². The van der Waals surface area contributed by atoms with Gasteiger partial charge in [0.2, 0.25) is 0 Å². The van der Waals surface area contributed by atoms with Crippen LogP contribution in [-0.4, -0.2) is 18.7 Å². The average molecular weight is 132 g/mol. The summed E-state index contributed by atoms with van der Waals surface area (Å²) in [5, 5.41) is 0. The third-order valence-electron chi connectivity index (χ3n) is 1.15. The highest BCUT2D eigenvalue weighted by atomic mass is 16.5. The third-order valence-corrected chi connectivity index (χ3v) is 1.15. The first kappa shape index (κ1) is 8.39. The minimum atomic E-state index is -1.31. The Morgan fingerprint density at radius 2 is 2.11 bits per heavy atom. The van der Waals surface area contributed by atoms with Crippen LogP contribution in [0.15, 0.2) is 0 Å². The van der Waals surface area contributed by atoms with Crippen LogP contribution in [0.1, 0.15) is 13.3 Å². The van der Waals surface area contributed by atoms with E-state index in [0.29, 0.717) is 6.42 Å². The summed E-state index contributed by atoms with van der Waals surface area (Å²) in [4.78, 5) is 10.6. The summed E-state index contributed by atoms with van der Waals surface area (Å²) in [6.45, 7) is 1.72. The predicted octanol–water partition coefficient (Wildman–Crippen LogP) is -0.817. The number of esters is 1. The molecule has 0 atom stereocenters. The smallest absolute Gasteiger partial charge is 0.340 e. The summed E-state index contributed by atoms with van der Waals surface area (Å²) >= 11 is 0. The van der Waals surface area contributed by atoms with E-state index in [4.69, 9.17) is 11.5 Å². The van der Waals surface area contributed by atoms with Gasteiger partial charge in [0.1, 0.15) is 0 Å². The molecule has 4 N–H and O–H groups in total. The summed E-state index contributed by atoms with van der Waals surface area (Å²) in [5.41, 5.74) is 9.24. The van der Waals surface area contributed by atoms with Crippen molar-refractivity contribution in [2.45, 2.75) is 19.0 Å². The van der Waals surface area contributed by atoms with E-state index in [0.717, 1.165) is 0 Å². The number of hydrogen-bond donors (Lipinski definition) is 2. The fraction of sp³-hybridized carbons (Fsp3) is 0.800. The second kappa shape index (κ2) is 2.80. The number of ether oxygens (including phenoxy) is 1. The fourth-order valence-electron chi connectivity index (χ4n) is 0.334. The van der Waals surface area contributed by atoms with Crippen molar-refractivity contribution in [1.82, 2.24) is 0 Å². The number of nitrogens with two attached hydrogens (primary N) is 2. The number of carbonyl (C=O) groups is 1. The molecule has 0 aliphatic carbocycles. The molecule has 0 rings (SSSR count). The molecule has 0 aromatic carbocycles. The molecule has 0 aromatic rings. The maximum Gasteiger partial charge on any atom is 0.340 e. The van der Waals surface area contributed by atoms with Gasteiger partial charge in [-0.2, -0.15) is 0 Å². The van der Waals surface area contributed by atoms with Crippen molar-refractivity contribution in [3.05, 3.63) is 0 Å². The van der Waals surface area contributed by atoms with E-state index in [1.54, 1.807) is 6.92 Å². The predicted molar refractivity (Wildman–Crippen MR) is 33.4 cm³/mol. The normalized spacial score (nSPS) is 11.1. The maximum atomic E-state index is 10.6. The molecule has 9 heavy (non-hydrogen) atoms. The Kier molecular flexibility index (Phi) is 2.61. The zero-order valence-electron chi connectivity index (χ0n) is 5.68. The van der Waals surface area contributed by atoms with Gasteiger partial charge in [0.15, 0.2) is 5.66 Å². The molecule has 0 aliphatic heterocycles. The highest BCUT2D eigenvalue weighted by Crippen LogP contribution is 1.97. The Morgan fingerprint density at radius 1 is 1.67 bits per heavy atom. The van der Waals surface area contributed by atoms with Gasteiger partial charge >= 0.3 is 5.97 Å². The molecule has 0 spiro atoms. The lowest BCUT2D eigenvalue weighted by molar-refractivity contribution is -0.147. The first-order valence-electron chi connectivity index (χ1n) is 2.70. The van der Waals surface area contributed by atoms with Crippen LogP contribution in [-0.2, 0) is 9.53 Å². The maximum absolute atomic E-state index is 10.6.